The van der Waals surface area contributed by atoms with Crippen LogP contribution < -0.4 is 0 Å². The molecule has 0 aliphatic heterocycles. The molecule has 0 unspecified atom stereocenters. The molecule has 0 heterocycles. The van der Waals surface area contributed by atoms with Gasteiger partial charge in [0.25, 0.3) is 0 Å². The minimum absolute atomic E-state index is 0.491. The second-order valence-electron chi connectivity index (χ2n) is 5.35. The molecule has 0 aromatic heterocycles. The summed E-state index contributed by atoms with van der Waals surface area (Å²) >= 11 is 0. The molecule has 0 amide bonds. The molecular formula is C14H28O2. The predicted octanol–water partition coefficient (Wildman–Crippen LogP) is 3.86. The van der Waals surface area contributed by atoms with Crippen LogP contribution in [0.1, 0.15) is 78.1 Å². The standard InChI is InChI=1S/C14H28O2/c1-14(2,16)12-10-8-6-4-3-5-7-9-11-13-15/h13,16H,3-12H2,1-2H3. The highest BCUT2D eigenvalue weighted by Gasteiger charge is 2.10. The molecule has 0 aromatic carbocycles. The third kappa shape index (κ3) is 13.6. The van der Waals surface area contributed by atoms with Gasteiger partial charge in [-0.2, -0.15) is 0 Å². The Morgan fingerprint density at radius 3 is 1.75 bits per heavy atom. The lowest BCUT2D eigenvalue weighted by Gasteiger charge is -2.16. The van der Waals surface area contributed by atoms with Crippen LogP contribution in [0.4, 0.5) is 0 Å². The Morgan fingerprint density at radius 1 is 0.875 bits per heavy atom. The van der Waals surface area contributed by atoms with Crippen LogP contribution >= 0.6 is 0 Å². The second kappa shape index (κ2) is 9.83. The van der Waals surface area contributed by atoms with E-state index in [2.05, 4.69) is 0 Å². The van der Waals surface area contributed by atoms with E-state index >= 15 is 0 Å². The average molecular weight is 228 g/mol. The van der Waals surface area contributed by atoms with Gasteiger partial charge in [-0.05, 0) is 26.7 Å². The number of carbonyl (C=O) groups is 1. The van der Waals surface area contributed by atoms with Crippen molar-refractivity contribution in [1.82, 2.24) is 0 Å². The monoisotopic (exact) mass is 228 g/mol. The lowest BCUT2D eigenvalue weighted by Crippen LogP contribution is -2.17. The van der Waals surface area contributed by atoms with Crippen LogP contribution in [0.15, 0.2) is 0 Å². The SMILES string of the molecule is CC(C)(O)CCCCCCCCCCC=O. The number of aldehydes is 1. The molecule has 0 rings (SSSR count). The van der Waals surface area contributed by atoms with Crippen LogP contribution in [0.25, 0.3) is 0 Å². The summed E-state index contributed by atoms with van der Waals surface area (Å²) < 4.78 is 0. The molecule has 0 bridgehead atoms. The smallest absolute Gasteiger partial charge is 0.119 e. The first-order valence-corrected chi connectivity index (χ1v) is 6.72. The zero-order valence-corrected chi connectivity index (χ0v) is 11.0. The van der Waals surface area contributed by atoms with Gasteiger partial charge in [-0.1, -0.05) is 44.9 Å². The third-order valence-corrected chi connectivity index (χ3v) is 2.86. The summed E-state index contributed by atoms with van der Waals surface area (Å²) in [5.41, 5.74) is -0.491. The molecule has 0 saturated carbocycles. The first kappa shape index (κ1) is 15.6. The topological polar surface area (TPSA) is 37.3 Å². The fourth-order valence-electron chi connectivity index (χ4n) is 1.85. The fourth-order valence-corrected chi connectivity index (χ4v) is 1.85. The van der Waals surface area contributed by atoms with Crippen molar-refractivity contribution in [1.29, 1.82) is 0 Å². The predicted molar refractivity (Wildman–Crippen MR) is 68.5 cm³/mol. The second-order valence-corrected chi connectivity index (χ2v) is 5.35. The molecule has 0 spiro atoms. The van der Waals surface area contributed by atoms with Crippen LogP contribution in [0, 0.1) is 0 Å². The maximum absolute atomic E-state index is 10.1. The fraction of sp³-hybridized carbons (Fsp3) is 0.929. The van der Waals surface area contributed by atoms with E-state index < -0.39 is 5.60 Å². The van der Waals surface area contributed by atoms with E-state index in [9.17, 15) is 9.90 Å². The number of hydrogen-bond acceptors (Lipinski definition) is 2. The minimum atomic E-state index is -0.491. The highest BCUT2D eigenvalue weighted by atomic mass is 16.3. The number of carbonyl (C=O) groups excluding carboxylic acids is 1. The molecule has 96 valence electrons. The zero-order valence-electron chi connectivity index (χ0n) is 11.0. The van der Waals surface area contributed by atoms with Crippen molar-refractivity contribution >= 4 is 6.29 Å². The number of aliphatic hydroxyl groups is 1. The van der Waals surface area contributed by atoms with E-state index in [0.29, 0.717) is 0 Å². The van der Waals surface area contributed by atoms with Crippen LogP contribution in [0.3, 0.4) is 0 Å². The maximum atomic E-state index is 10.1. The molecule has 2 heteroatoms. The number of rotatable bonds is 11. The molecule has 0 radical (unpaired) electrons. The Labute approximate surface area is 100 Å². The molecule has 0 saturated heterocycles. The van der Waals surface area contributed by atoms with Crippen LogP contribution in [-0.2, 0) is 4.79 Å². The number of unbranched alkanes of at least 4 members (excludes halogenated alkanes) is 8. The maximum Gasteiger partial charge on any atom is 0.119 e. The Morgan fingerprint density at radius 2 is 1.31 bits per heavy atom. The van der Waals surface area contributed by atoms with Gasteiger partial charge in [0.05, 0.1) is 5.60 Å². The van der Waals surface area contributed by atoms with Crippen molar-refractivity contribution in [3.8, 4) is 0 Å². The van der Waals surface area contributed by atoms with Crippen molar-refractivity contribution in [2.75, 3.05) is 0 Å². The lowest BCUT2D eigenvalue weighted by molar-refractivity contribution is -0.107. The van der Waals surface area contributed by atoms with Crippen LogP contribution in [0.2, 0.25) is 0 Å². The quantitative estimate of drug-likeness (QED) is 0.431. The highest BCUT2D eigenvalue weighted by Crippen LogP contribution is 2.15. The summed E-state index contributed by atoms with van der Waals surface area (Å²) in [6.45, 7) is 3.75. The summed E-state index contributed by atoms with van der Waals surface area (Å²) in [5, 5.41) is 9.51. The Balaban J connectivity index is 3.01. The Bertz CT molecular complexity index is 159. The largest absolute Gasteiger partial charge is 0.390 e. The summed E-state index contributed by atoms with van der Waals surface area (Å²) in [6, 6.07) is 0. The van der Waals surface area contributed by atoms with Crippen molar-refractivity contribution in [2.45, 2.75) is 83.7 Å². The van der Waals surface area contributed by atoms with Crippen molar-refractivity contribution in [3.63, 3.8) is 0 Å². The van der Waals surface area contributed by atoms with Gasteiger partial charge in [-0.15, -0.1) is 0 Å². The van der Waals surface area contributed by atoms with Crippen molar-refractivity contribution < 1.29 is 9.90 Å². The first-order chi connectivity index (χ1) is 7.56. The summed E-state index contributed by atoms with van der Waals surface area (Å²) in [5.74, 6) is 0. The van der Waals surface area contributed by atoms with Gasteiger partial charge in [-0.25, -0.2) is 0 Å². The molecule has 0 aliphatic rings. The molecule has 0 aromatic rings. The molecule has 0 fully saturated rings. The van der Waals surface area contributed by atoms with Crippen molar-refractivity contribution in [2.24, 2.45) is 0 Å². The highest BCUT2D eigenvalue weighted by molar-refractivity contribution is 5.48. The van der Waals surface area contributed by atoms with Crippen LogP contribution in [0.5, 0.6) is 0 Å². The first-order valence-electron chi connectivity index (χ1n) is 6.72. The van der Waals surface area contributed by atoms with Crippen molar-refractivity contribution in [3.05, 3.63) is 0 Å². The number of hydrogen-bond donors (Lipinski definition) is 1. The van der Waals surface area contributed by atoms with Gasteiger partial charge in [0.2, 0.25) is 0 Å². The molecule has 0 aliphatic carbocycles. The van der Waals surface area contributed by atoms with E-state index in [0.717, 1.165) is 32.0 Å². The van der Waals surface area contributed by atoms with E-state index in [4.69, 9.17) is 0 Å². The third-order valence-electron chi connectivity index (χ3n) is 2.86. The van der Waals surface area contributed by atoms with Crippen LogP contribution in [-0.4, -0.2) is 17.0 Å². The van der Waals surface area contributed by atoms with Gasteiger partial charge in [0.1, 0.15) is 6.29 Å². The Hall–Kier alpha value is -0.370. The molecule has 2 nitrogen and oxygen atoms in total. The van der Waals surface area contributed by atoms with Gasteiger partial charge >= 0.3 is 0 Å². The lowest BCUT2D eigenvalue weighted by atomic mass is 9.99. The average Bonchev–Trinajstić information content (AvgIpc) is 2.19. The zero-order chi connectivity index (χ0) is 12.3. The van der Waals surface area contributed by atoms with E-state index in [1.165, 1.54) is 38.5 Å². The normalized spacial score (nSPS) is 11.7. The van der Waals surface area contributed by atoms with E-state index in [-0.39, 0.29) is 0 Å². The van der Waals surface area contributed by atoms with Gasteiger partial charge < -0.3 is 9.90 Å². The molecular weight excluding hydrogens is 200 g/mol. The summed E-state index contributed by atoms with van der Waals surface area (Å²) in [7, 11) is 0. The van der Waals surface area contributed by atoms with Gasteiger partial charge in [0.15, 0.2) is 0 Å². The van der Waals surface area contributed by atoms with E-state index in [1.807, 2.05) is 13.8 Å². The summed E-state index contributed by atoms with van der Waals surface area (Å²) in [4.78, 5) is 10.1. The minimum Gasteiger partial charge on any atom is -0.390 e. The molecule has 1 N–H and O–H groups in total. The molecule has 0 atom stereocenters. The van der Waals surface area contributed by atoms with Gasteiger partial charge in [-0.3, -0.25) is 0 Å². The Kier molecular flexibility index (Phi) is 9.60. The molecule has 16 heavy (non-hydrogen) atoms. The summed E-state index contributed by atoms with van der Waals surface area (Å²) in [6.07, 6.45) is 12.4. The van der Waals surface area contributed by atoms with Gasteiger partial charge in [0, 0.05) is 6.42 Å². The van der Waals surface area contributed by atoms with E-state index in [1.54, 1.807) is 0 Å².